The summed E-state index contributed by atoms with van der Waals surface area (Å²) in [6.07, 6.45) is 0.887. The first kappa shape index (κ1) is 14.9. The summed E-state index contributed by atoms with van der Waals surface area (Å²) in [6, 6.07) is 4.85. The lowest BCUT2D eigenvalue weighted by Crippen LogP contribution is -2.25. The van der Waals surface area contributed by atoms with Crippen LogP contribution in [0.25, 0.3) is 0 Å². The SMILES string of the molecule is CCCC(=O)C1=C(I)C(=O)c2cccc(OC)c2C1=O. The number of ketones is 3. The van der Waals surface area contributed by atoms with E-state index in [-0.39, 0.29) is 32.7 Å². The Morgan fingerprint density at radius 3 is 2.55 bits per heavy atom. The van der Waals surface area contributed by atoms with Gasteiger partial charge in [0.15, 0.2) is 5.78 Å². The van der Waals surface area contributed by atoms with Gasteiger partial charge in [-0.2, -0.15) is 0 Å². The van der Waals surface area contributed by atoms with Gasteiger partial charge in [0.25, 0.3) is 0 Å². The van der Waals surface area contributed by atoms with E-state index in [2.05, 4.69) is 0 Å². The van der Waals surface area contributed by atoms with E-state index >= 15 is 0 Å². The minimum Gasteiger partial charge on any atom is -0.496 e. The molecule has 5 heteroatoms. The van der Waals surface area contributed by atoms with Crippen LogP contribution in [0.1, 0.15) is 40.5 Å². The maximum Gasteiger partial charge on any atom is 0.202 e. The van der Waals surface area contributed by atoms with Crippen LogP contribution in [0.2, 0.25) is 0 Å². The number of allylic oxidation sites excluding steroid dienone is 2. The second-order valence-corrected chi connectivity index (χ2v) is 5.48. The number of benzene rings is 1. The summed E-state index contributed by atoms with van der Waals surface area (Å²) >= 11 is 1.78. The zero-order valence-corrected chi connectivity index (χ0v) is 13.3. The number of carbonyl (C=O) groups excluding carboxylic acids is 3. The maximum absolute atomic E-state index is 12.6. The summed E-state index contributed by atoms with van der Waals surface area (Å²) < 4.78 is 5.35. The van der Waals surface area contributed by atoms with E-state index in [0.717, 1.165) is 0 Å². The highest BCUT2D eigenvalue weighted by molar-refractivity contribution is 14.1. The van der Waals surface area contributed by atoms with Crippen LogP contribution in [-0.4, -0.2) is 24.5 Å². The number of fused-ring (bicyclic) bond motifs is 1. The standard InChI is InChI=1S/C15H13IO4/c1-3-5-9(17)12-13(16)14(18)8-6-4-7-10(20-2)11(8)15(12)19/h4,6-7H,3,5H2,1-2H3. The lowest BCUT2D eigenvalue weighted by molar-refractivity contribution is -0.115. The molecule has 2 rings (SSSR count). The Kier molecular flexibility index (Phi) is 4.37. The summed E-state index contributed by atoms with van der Waals surface area (Å²) in [5.41, 5.74) is 0.487. The number of methoxy groups -OCH3 is 1. The Morgan fingerprint density at radius 1 is 1.25 bits per heavy atom. The van der Waals surface area contributed by atoms with Crippen molar-refractivity contribution in [2.45, 2.75) is 19.8 Å². The summed E-state index contributed by atoms with van der Waals surface area (Å²) in [7, 11) is 1.43. The summed E-state index contributed by atoms with van der Waals surface area (Å²) in [4.78, 5) is 37.0. The zero-order chi connectivity index (χ0) is 14.9. The van der Waals surface area contributed by atoms with Crippen LogP contribution in [0, 0.1) is 0 Å². The number of carbonyl (C=O) groups is 3. The lowest BCUT2D eigenvalue weighted by atomic mass is 9.86. The smallest absolute Gasteiger partial charge is 0.202 e. The van der Waals surface area contributed by atoms with Gasteiger partial charge in [-0.3, -0.25) is 14.4 Å². The summed E-state index contributed by atoms with van der Waals surface area (Å²) in [5.74, 6) is -0.670. The number of ether oxygens (including phenoxy) is 1. The van der Waals surface area contributed by atoms with Gasteiger partial charge in [-0.1, -0.05) is 13.0 Å². The number of hydrogen-bond donors (Lipinski definition) is 0. The molecule has 0 radical (unpaired) electrons. The molecule has 0 bridgehead atoms. The molecule has 1 aliphatic rings. The van der Waals surface area contributed by atoms with Crippen molar-refractivity contribution in [3.05, 3.63) is 38.5 Å². The first-order chi connectivity index (χ1) is 9.52. The van der Waals surface area contributed by atoms with Gasteiger partial charge in [-0.25, -0.2) is 0 Å². The first-order valence-electron chi connectivity index (χ1n) is 6.22. The molecule has 20 heavy (non-hydrogen) atoms. The molecule has 1 aromatic carbocycles. The average Bonchev–Trinajstić information content (AvgIpc) is 2.44. The van der Waals surface area contributed by atoms with Crippen molar-refractivity contribution >= 4 is 39.9 Å². The molecule has 0 heterocycles. The molecule has 1 aliphatic carbocycles. The molecule has 0 fully saturated rings. The van der Waals surface area contributed by atoms with Crippen molar-refractivity contribution in [3.63, 3.8) is 0 Å². The molecular formula is C15H13IO4. The molecule has 104 valence electrons. The van der Waals surface area contributed by atoms with E-state index in [1.54, 1.807) is 40.8 Å². The Balaban J connectivity index is 2.64. The fourth-order valence-electron chi connectivity index (χ4n) is 2.18. The molecule has 0 unspecified atom stereocenters. The molecule has 0 aromatic heterocycles. The van der Waals surface area contributed by atoms with Crippen molar-refractivity contribution in [3.8, 4) is 5.75 Å². The quantitative estimate of drug-likeness (QED) is 0.591. The third-order valence-electron chi connectivity index (χ3n) is 3.12. The van der Waals surface area contributed by atoms with Crippen molar-refractivity contribution in [1.82, 2.24) is 0 Å². The monoisotopic (exact) mass is 384 g/mol. The Bertz CT molecular complexity index is 643. The van der Waals surface area contributed by atoms with Gasteiger partial charge in [0, 0.05) is 12.0 Å². The zero-order valence-electron chi connectivity index (χ0n) is 11.2. The van der Waals surface area contributed by atoms with Gasteiger partial charge < -0.3 is 4.74 Å². The van der Waals surface area contributed by atoms with E-state index in [0.29, 0.717) is 17.7 Å². The van der Waals surface area contributed by atoms with E-state index < -0.39 is 5.78 Å². The Hall–Kier alpha value is -1.50. The van der Waals surface area contributed by atoms with Crippen LogP contribution in [0.5, 0.6) is 5.75 Å². The van der Waals surface area contributed by atoms with Gasteiger partial charge in [0.2, 0.25) is 11.6 Å². The van der Waals surface area contributed by atoms with Crippen LogP contribution in [0.3, 0.4) is 0 Å². The van der Waals surface area contributed by atoms with Gasteiger partial charge in [-0.05, 0) is 41.1 Å². The van der Waals surface area contributed by atoms with Crippen LogP contribution in [-0.2, 0) is 4.79 Å². The van der Waals surface area contributed by atoms with Crippen LogP contribution < -0.4 is 4.74 Å². The highest BCUT2D eigenvalue weighted by Gasteiger charge is 2.36. The summed E-state index contributed by atoms with van der Waals surface area (Å²) in [6.45, 7) is 1.86. The Morgan fingerprint density at radius 2 is 1.95 bits per heavy atom. The predicted octanol–water partition coefficient (Wildman–Crippen LogP) is 3.13. The first-order valence-corrected chi connectivity index (χ1v) is 7.30. The normalized spacial score (nSPS) is 14.3. The van der Waals surface area contributed by atoms with Crippen LogP contribution in [0.15, 0.2) is 27.4 Å². The van der Waals surface area contributed by atoms with Crippen LogP contribution >= 0.6 is 22.6 Å². The molecule has 1 aromatic rings. The van der Waals surface area contributed by atoms with Crippen molar-refractivity contribution in [2.24, 2.45) is 0 Å². The van der Waals surface area contributed by atoms with Crippen molar-refractivity contribution in [2.75, 3.05) is 7.11 Å². The molecule has 0 spiro atoms. The second kappa shape index (κ2) is 5.87. The largest absolute Gasteiger partial charge is 0.496 e. The summed E-state index contributed by atoms with van der Waals surface area (Å²) in [5, 5.41) is 0. The van der Waals surface area contributed by atoms with Crippen molar-refractivity contribution < 1.29 is 19.1 Å². The van der Waals surface area contributed by atoms with Crippen molar-refractivity contribution in [1.29, 1.82) is 0 Å². The van der Waals surface area contributed by atoms with Gasteiger partial charge in [-0.15, -0.1) is 0 Å². The molecule has 0 atom stereocenters. The lowest BCUT2D eigenvalue weighted by Gasteiger charge is -2.19. The number of rotatable bonds is 4. The van der Waals surface area contributed by atoms with E-state index in [1.165, 1.54) is 7.11 Å². The fourth-order valence-corrected chi connectivity index (χ4v) is 3.02. The topological polar surface area (TPSA) is 60.4 Å². The Labute approximate surface area is 130 Å². The van der Waals surface area contributed by atoms with Crippen LogP contribution in [0.4, 0.5) is 0 Å². The van der Waals surface area contributed by atoms with Gasteiger partial charge in [0.05, 0.1) is 21.8 Å². The predicted molar refractivity (Wildman–Crippen MR) is 82.6 cm³/mol. The number of halogens is 1. The highest BCUT2D eigenvalue weighted by atomic mass is 127. The maximum atomic E-state index is 12.6. The number of hydrogen-bond acceptors (Lipinski definition) is 4. The third kappa shape index (κ3) is 2.30. The second-order valence-electron chi connectivity index (χ2n) is 4.40. The molecule has 0 aliphatic heterocycles. The molecular weight excluding hydrogens is 371 g/mol. The van der Waals surface area contributed by atoms with Gasteiger partial charge in [0.1, 0.15) is 5.75 Å². The molecule has 0 amide bonds. The van der Waals surface area contributed by atoms with E-state index in [1.807, 2.05) is 6.92 Å². The molecule has 0 N–H and O–H groups in total. The highest BCUT2D eigenvalue weighted by Crippen LogP contribution is 2.35. The van der Waals surface area contributed by atoms with E-state index in [9.17, 15) is 14.4 Å². The minimum absolute atomic E-state index is 0.00514. The average molecular weight is 384 g/mol. The molecule has 4 nitrogen and oxygen atoms in total. The fraction of sp³-hybridized carbons (Fsp3) is 0.267. The minimum atomic E-state index is -0.417. The van der Waals surface area contributed by atoms with Gasteiger partial charge >= 0.3 is 0 Å². The number of Topliss-reactive ketones (excluding diaryl/α,β-unsaturated/α-hetero) is 3. The van der Waals surface area contributed by atoms with E-state index in [4.69, 9.17) is 4.74 Å². The third-order valence-corrected chi connectivity index (χ3v) is 4.15. The molecule has 0 saturated carbocycles. The molecule has 0 saturated heterocycles.